The summed E-state index contributed by atoms with van der Waals surface area (Å²) < 4.78 is 5.71. The Morgan fingerprint density at radius 1 is 1.42 bits per heavy atom. The van der Waals surface area contributed by atoms with E-state index in [1.54, 1.807) is 12.1 Å². The van der Waals surface area contributed by atoms with Gasteiger partial charge in [0.2, 0.25) is 0 Å². The van der Waals surface area contributed by atoms with Crippen molar-refractivity contribution in [3.8, 4) is 0 Å². The van der Waals surface area contributed by atoms with E-state index in [1.165, 1.54) is 0 Å². The number of aliphatic hydroxyl groups is 1. The first-order valence-corrected chi connectivity index (χ1v) is 7.43. The van der Waals surface area contributed by atoms with Crippen LogP contribution in [0.15, 0.2) is 18.2 Å². The third-order valence-corrected chi connectivity index (χ3v) is 4.36. The molecule has 0 spiro atoms. The van der Waals surface area contributed by atoms with Gasteiger partial charge in [0.05, 0.1) is 11.7 Å². The summed E-state index contributed by atoms with van der Waals surface area (Å²) in [5.41, 5.74) is 0.155. The molecule has 0 aromatic heterocycles. The summed E-state index contributed by atoms with van der Waals surface area (Å²) >= 11 is 12.2. The molecule has 0 amide bonds. The van der Waals surface area contributed by atoms with Gasteiger partial charge in [0.15, 0.2) is 0 Å². The second-order valence-corrected chi connectivity index (χ2v) is 6.59. The van der Waals surface area contributed by atoms with E-state index in [0.717, 1.165) is 5.56 Å². The van der Waals surface area contributed by atoms with Crippen LogP contribution in [0.25, 0.3) is 0 Å². The maximum atomic E-state index is 10.8. The zero-order valence-electron chi connectivity index (χ0n) is 11.3. The molecule has 1 aliphatic heterocycles. The van der Waals surface area contributed by atoms with Crippen LogP contribution in [0, 0.1) is 5.92 Å². The summed E-state index contributed by atoms with van der Waals surface area (Å²) in [5.74, 6) is 0.404. The van der Waals surface area contributed by atoms with Crippen LogP contribution in [0.1, 0.15) is 32.3 Å². The molecule has 0 saturated carbocycles. The smallest absolute Gasteiger partial charge is 0.0735 e. The van der Waals surface area contributed by atoms with Gasteiger partial charge in [0.1, 0.15) is 0 Å². The van der Waals surface area contributed by atoms with Crippen molar-refractivity contribution in [3.63, 3.8) is 0 Å². The summed E-state index contributed by atoms with van der Waals surface area (Å²) in [6, 6.07) is 5.38. The summed E-state index contributed by atoms with van der Waals surface area (Å²) in [7, 11) is 0. The molecule has 0 aliphatic carbocycles. The van der Waals surface area contributed by atoms with Gasteiger partial charge in [-0.1, -0.05) is 37.0 Å². The quantitative estimate of drug-likeness (QED) is 0.911. The summed E-state index contributed by atoms with van der Waals surface area (Å²) in [4.78, 5) is 0. The van der Waals surface area contributed by atoms with Crippen LogP contribution < -0.4 is 0 Å². The SMILES string of the molecule is CC(C)C1CC(O)(Cc2cc(Cl)ccc2Cl)CCO1. The van der Waals surface area contributed by atoms with Gasteiger partial charge in [-0.15, -0.1) is 0 Å². The highest BCUT2D eigenvalue weighted by Crippen LogP contribution is 2.33. The van der Waals surface area contributed by atoms with E-state index in [1.807, 2.05) is 6.07 Å². The molecule has 2 atom stereocenters. The number of ether oxygens (including phenoxy) is 1. The fourth-order valence-corrected chi connectivity index (χ4v) is 2.94. The zero-order chi connectivity index (χ0) is 14.0. The van der Waals surface area contributed by atoms with Gasteiger partial charge in [-0.05, 0) is 36.1 Å². The molecule has 1 heterocycles. The number of rotatable bonds is 3. The van der Waals surface area contributed by atoms with Crippen LogP contribution >= 0.6 is 23.2 Å². The Morgan fingerprint density at radius 3 is 2.84 bits per heavy atom. The van der Waals surface area contributed by atoms with Crippen molar-refractivity contribution in [1.82, 2.24) is 0 Å². The molecular weight excluding hydrogens is 283 g/mol. The fraction of sp³-hybridized carbons (Fsp3) is 0.600. The molecule has 1 N–H and O–H groups in total. The van der Waals surface area contributed by atoms with Crippen LogP contribution in [-0.4, -0.2) is 23.4 Å². The molecule has 106 valence electrons. The van der Waals surface area contributed by atoms with E-state index in [9.17, 15) is 5.11 Å². The molecule has 4 heteroatoms. The van der Waals surface area contributed by atoms with Gasteiger partial charge < -0.3 is 9.84 Å². The lowest BCUT2D eigenvalue weighted by molar-refractivity contribution is -0.116. The maximum Gasteiger partial charge on any atom is 0.0735 e. The van der Waals surface area contributed by atoms with Crippen molar-refractivity contribution in [3.05, 3.63) is 33.8 Å². The average molecular weight is 303 g/mol. The van der Waals surface area contributed by atoms with E-state index < -0.39 is 5.60 Å². The lowest BCUT2D eigenvalue weighted by Gasteiger charge is -2.38. The minimum atomic E-state index is -0.749. The predicted octanol–water partition coefficient (Wildman–Crippen LogP) is 4.10. The minimum absolute atomic E-state index is 0.108. The van der Waals surface area contributed by atoms with Gasteiger partial charge in [0, 0.05) is 29.5 Å². The Bertz CT molecular complexity index is 448. The third-order valence-electron chi connectivity index (χ3n) is 3.75. The molecule has 1 aromatic carbocycles. The van der Waals surface area contributed by atoms with Gasteiger partial charge >= 0.3 is 0 Å². The number of hydrogen-bond acceptors (Lipinski definition) is 2. The van der Waals surface area contributed by atoms with Gasteiger partial charge in [-0.25, -0.2) is 0 Å². The van der Waals surface area contributed by atoms with Crippen molar-refractivity contribution >= 4 is 23.2 Å². The maximum absolute atomic E-state index is 10.8. The molecule has 1 aliphatic rings. The van der Waals surface area contributed by atoms with Crippen LogP contribution in [0.5, 0.6) is 0 Å². The topological polar surface area (TPSA) is 29.5 Å². The van der Waals surface area contributed by atoms with Crippen LogP contribution in [0.4, 0.5) is 0 Å². The normalized spacial score (nSPS) is 27.8. The second-order valence-electron chi connectivity index (χ2n) is 5.74. The lowest BCUT2D eigenvalue weighted by Crippen LogP contribution is -2.44. The number of halogens is 2. The minimum Gasteiger partial charge on any atom is -0.389 e. The highest BCUT2D eigenvalue weighted by molar-refractivity contribution is 6.33. The van der Waals surface area contributed by atoms with E-state index >= 15 is 0 Å². The third kappa shape index (κ3) is 3.85. The van der Waals surface area contributed by atoms with Gasteiger partial charge in [-0.3, -0.25) is 0 Å². The first kappa shape index (κ1) is 15.1. The standard InChI is InChI=1S/C15H20Cl2O2/c1-10(2)14-9-15(18,5-6-19-14)8-11-7-12(16)3-4-13(11)17/h3-4,7,10,14,18H,5-6,8-9H2,1-2H3. The largest absolute Gasteiger partial charge is 0.389 e. The molecule has 1 saturated heterocycles. The zero-order valence-corrected chi connectivity index (χ0v) is 12.8. The molecule has 2 nitrogen and oxygen atoms in total. The van der Waals surface area contributed by atoms with E-state index in [-0.39, 0.29) is 6.10 Å². The summed E-state index contributed by atoms with van der Waals surface area (Å²) in [6.07, 6.45) is 1.92. The highest BCUT2D eigenvalue weighted by atomic mass is 35.5. The molecule has 2 rings (SSSR count). The average Bonchev–Trinajstić information content (AvgIpc) is 2.33. The predicted molar refractivity (Wildman–Crippen MR) is 78.9 cm³/mol. The Kier molecular flexibility index (Phi) is 4.78. The fourth-order valence-electron chi connectivity index (χ4n) is 2.56. The molecule has 1 fully saturated rings. The van der Waals surface area contributed by atoms with Crippen LogP contribution in [0.3, 0.4) is 0 Å². The first-order valence-electron chi connectivity index (χ1n) is 6.67. The molecule has 2 unspecified atom stereocenters. The van der Waals surface area contributed by atoms with Crippen molar-refractivity contribution < 1.29 is 9.84 Å². The monoisotopic (exact) mass is 302 g/mol. The van der Waals surface area contributed by atoms with Crippen molar-refractivity contribution in [1.29, 1.82) is 0 Å². The van der Waals surface area contributed by atoms with Crippen molar-refractivity contribution in [2.45, 2.75) is 44.8 Å². The van der Waals surface area contributed by atoms with Crippen molar-refractivity contribution in [2.75, 3.05) is 6.61 Å². The van der Waals surface area contributed by atoms with Crippen LogP contribution in [-0.2, 0) is 11.2 Å². The van der Waals surface area contributed by atoms with Crippen LogP contribution in [0.2, 0.25) is 10.0 Å². The van der Waals surface area contributed by atoms with E-state index in [2.05, 4.69) is 13.8 Å². The molecule has 0 radical (unpaired) electrons. The molecular formula is C15H20Cl2O2. The Balaban J connectivity index is 2.14. The molecule has 19 heavy (non-hydrogen) atoms. The molecule has 0 bridgehead atoms. The van der Waals surface area contributed by atoms with Gasteiger partial charge in [0.25, 0.3) is 0 Å². The first-order chi connectivity index (χ1) is 8.89. The highest BCUT2D eigenvalue weighted by Gasteiger charge is 2.36. The Hall–Kier alpha value is -0.280. The lowest BCUT2D eigenvalue weighted by atomic mass is 9.82. The van der Waals surface area contributed by atoms with E-state index in [4.69, 9.17) is 27.9 Å². The summed E-state index contributed by atoms with van der Waals surface area (Å²) in [6.45, 7) is 4.82. The Labute approximate surface area is 124 Å². The van der Waals surface area contributed by atoms with Crippen molar-refractivity contribution in [2.24, 2.45) is 5.92 Å². The summed E-state index contributed by atoms with van der Waals surface area (Å²) in [5, 5.41) is 12.1. The number of hydrogen-bond donors (Lipinski definition) is 1. The van der Waals surface area contributed by atoms with Gasteiger partial charge in [-0.2, -0.15) is 0 Å². The molecule has 1 aromatic rings. The second kappa shape index (κ2) is 6.01. The number of benzene rings is 1. The Morgan fingerprint density at radius 2 is 2.16 bits per heavy atom. The van der Waals surface area contributed by atoms with E-state index in [0.29, 0.717) is 41.8 Å².